The topological polar surface area (TPSA) is 93.1 Å². The summed E-state index contributed by atoms with van der Waals surface area (Å²) in [4.78, 5) is 24.3. The molecule has 0 saturated heterocycles. The summed E-state index contributed by atoms with van der Waals surface area (Å²) in [7, 11) is 0. The molecule has 0 aliphatic carbocycles. The minimum Gasteiger partial charge on any atom is -0.423 e. The first-order valence-corrected chi connectivity index (χ1v) is 13.2. The number of ether oxygens (including phenoxy) is 2. The lowest BCUT2D eigenvalue weighted by Gasteiger charge is -2.12. The van der Waals surface area contributed by atoms with E-state index in [1.165, 1.54) is 42.0 Å². The summed E-state index contributed by atoms with van der Waals surface area (Å²) in [6.07, 6.45) is 6.67. The zero-order valence-corrected chi connectivity index (χ0v) is 22.4. The van der Waals surface area contributed by atoms with Crippen LogP contribution >= 0.6 is 0 Å². The Morgan fingerprint density at radius 2 is 1.08 bits per heavy atom. The lowest BCUT2D eigenvalue weighted by atomic mass is 9.99. The Kier molecular flexibility index (Phi) is 11.2. The van der Waals surface area contributed by atoms with E-state index in [2.05, 4.69) is 44.3 Å². The molecule has 0 heterocycles. The SMILES string of the molecule is C=C(CO)C(=O)Oc1cc(OC(=O)C(=C)CO)cc(-c2ccc(CCc3ccc(CCCCC)cc3)cc2)c1. The summed E-state index contributed by atoms with van der Waals surface area (Å²) < 4.78 is 10.6. The minimum absolute atomic E-state index is 0.108. The third-order valence-electron chi connectivity index (χ3n) is 6.34. The quantitative estimate of drug-likeness (QED) is 0.119. The summed E-state index contributed by atoms with van der Waals surface area (Å²) in [5.74, 6) is -1.36. The molecule has 0 aromatic heterocycles. The molecule has 3 rings (SSSR count). The van der Waals surface area contributed by atoms with Crippen LogP contribution in [-0.4, -0.2) is 35.4 Å². The van der Waals surface area contributed by atoms with Gasteiger partial charge >= 0.3 is 11.9 Å². The molecule has 3 aromatic rings. The molecule has 6 heteroatoms. The maximum atomic E-state index is 12.2. The zero-order chi connectivity index (χ0) is 28.2. The molecule has 0 radical (unpaired) electrons. The molecular weight excluding hydrogens is 492 g/mol. The Morgan fingerprint density at radius 1 is 0.641 bits per heavy atom. The Balaban J connectivity index is 1.73. The van der Waals surface area contributed by atoms with Crippen LogP contribution in [0.5, 0.6) is 11.5 Å². The van der Waals surface area contributed by atoms with Crippen molar-refractivity contribution < 1.29 is 29.3 Å². The highest BCUT2D eigenvalue weighted by Crippen LogP contribution is 2.31. The number of aryl methyl sites for hydroxylation is 3. The van der Waals surface area contributed by atoms with Crippen LogP contribution in [0.15, 0.2) is 91.0 Å². The molecule has 0 bridgehead atoms. The molecule has 0 aliphatic heterocycles. The number of hydrogen-bond donors (Lipinski definition) is 2. The van der Waals surface area contributed by atoms with Crippen LogP contribution in [0.4, 0.5) is 0 Å². The van der Waals surface area contributed by atoms with Crippen molar-refractivity contribution in [2.24, 2.45) is 0 Å². The van der Waals surface area contributed by atoms with Crippen molar-refractivity contribution in [3.05, 3.63) is 108 Å². The van der Waals surface area contributed by atoms with Gasteiger partial charge in [-0.1, -0.05) is 81.5 Å². The molecule has 0 aliphatic rings. The number of carbonyl (C=O) groups excluding carboxylic acids is 2. The second-order valence-corrected chi connectivity index (χ2v) is 9.47. The fourth-order valence-corrected chi connectivity index (χ4v) is 3.95. The van der Waals surface area contributed by atoms with E-state index < -0.39 is 25.2 Å². The zero-order valence-electron chi connectivity index (χ0n) is 22.4. The predicted octanol–water partition coefficient (Wildman–Crippen LogP) is 5.78. The van der Waals surface area contributed by atoms with Gasteiger partial charge in [0.05, 0.1) is 24.4 Å². The van der Waals surface area contributed by atoms with Crippen molar-refractivity contribution >= 4 is 11.9 Å². The molecule has 0 amide bonds. The molecule has 2 N–H and O–H groups in total. The largest absolute Gasteiger partial charge is 0.423 e. The van der Waals surface area contributed by atoms with Crippen molar-refractivity contribution in [3.8, 4) is 22.6 Å². The van der Waals surface area contributed by atoms with Gasteiger partial charge in [0.25, 0.3) is 0 Å². The number of esters is 2. The van der Waals surface area contributed by atoms with Crippen LogP contribution in [0.1, 0.15) is 42.9 Å². The monoisotopic (exact) mass is 528 g/mol. The summed E-state index contributed by atoms with van der Waals surface area (Å²) in [6.45, 7) is 8.08. The number of hydrogen-bond acceptors (Lipinski definition) is 6. The van der Waals surface area contributed by atoms with Crippen LogP contribution in [0.2, 0.25) is 0 Å². The number of rotatable bonds is 14. The van der Waals surface area contributed by atoms with Crippen molar-refractivity contribution in [3.63, 3.8) is 0 Å². The van der Waals surface area contributed by atoms with Gasteiger partial charge in [-0.3, -0.25) is 0 Å². The van der Waals surface area contributed by atoms with Crippen LogP contribution in [-0.2, 0) is 28.9 Å². The standard InChI is InChI=1S/C33H36O6/c1-4-5-6-7-25-8-10-26(11-9-25)12-13-27-14-16-28(17-15-27)29-18-30(38-32(36)23(2)21-34)20-31(19-29)39-33(37)24(3)22-35/h8-11,14-20,34-35H,2-7,12-13,21-22H2,1H3. The van der Waals surface area contributed by atoms with Crippen LogP contribution < -0.4 is 9.47 Å². The molecule has 39 heavy (non-hydrogen) atoms. The molecule has 204 valence electrons. The average Bonchev–Trinajstić information content (AvgIpc) is 2.96. The van der Waals surface area contributed by atoms with Gasteiger partial charge in [-0.05, 0) is 65.6 Å². The van der Waals surface area contributed by atoms with Gasteiger partial charge in [0.2, 0.25) is 0 Å². The molecule has 0 spiro atoms. The van der Waals surface area contributed by atoms with E-state index >= 15 is 0 Å². The Labute approximate surface area is 230 Å². The van der Waals surface area contributed by atoms with E-state index in [4.69, 9.17) is 19.7 Å². The first-order chi connectivity index (χ1) is 18.8. The fourth-order valence-electron chi connectivity index (χ4n) is 3.95. The summed E-state index contributed by atoms with van der Waals surface area (Å²) in [5.41, 5.74) is 5.12. The third kappa shape index (κ3) is 9.06. The van der Waals surface area contributed by atoms with Gasteiger partial charge < -0.3 is 19.7 Å². The number of unbranched alkanes of at least 4 members (excludes halogenated alkanes) is 2. The van der Waals surface area contributed by atoms with E-state index in [1.54, 1.807) is 12.1 Å². The highest BCUT2D eigenvalue weighted by Gasteiger charge is 2.15. The normalized spacial score (nSPS) is 10.6. The number of aliphatic hydroxyl groups is 2. The van der Waals surface area contributed by atoms with Gasteiger partial charge in [-0.15, -0.1) is 0 Å². The van der Waals surface area contributed by atoms with Gasteiger partial charge in [0.1, 0.15) is 11.5 Å². The fraction of sp³-hybridized carbons (Fsp3) is 0.273. The maximum Gasteiger partial charge on any atom is 0.341 e. The number of carbonyl (C=O) groups is 2. The Morgan fingerprint density at radius 3 is 1.51 bits per heavy atom. The van der Waals surface area contributed by atoms with Crippen molar-refractivity contribution in [2.75, 3.05) is 13.2 Å². The van der Waals surface area contributed by atoms with Gasteiger partial charge in [0.15, 0.2) is 0 Å². The van der Waals surface area contributed by atoms with E-state index in [0.717, 1.165) is 24.8 Å². The Bertz CT molecular complexity index is 1240. The second kappa shape index (κ2) is 14.8. The lowest BCUT2D eigenvalue weighted by Crippen LogP contribution is -2.14. The van der Waals surface area contributed by atoms with Crippen LogP contribution in [0.3, 0.4) is 0 Å². The molecule has 0 saturated carbocycles. The first-order valence-electron chi connectivity index (χ1n) is 13.2. The smallest absolute Gasteiger partial charge is 0.341 e. The molecule has 6 nitrogen and oxygen atoms in total. The summed E-state index contributed by atoms with van der Waals surface area (Å²) in [5, 5.41) is 18.3. The van der Waals surface area contributed by atoms with Crippen molar-refractivity contribution in [1.82, 2.24) is 0 Å². The molecular formula is C33H36O6. The van der Waals surface area contributed by atoms with E-state index in [9.17, 15) is 9.59 Å². The minimum atomic E-state index is -0.795. The van der Waals surface area contributed by atoms with E-state index in [0.29, 0.717) is 5.56 Å². The van der Waals surface area contributed by atoms with E-state index in [1.807, 2.05) is 24.3 Å². The molecule has 3 aromatic carbocycles. The maximum absolute atomic E-state index is 12.2. The van der Waals surface area contributed by atoms with Crippen LogP contribution in [0, 0.1) is 0 Å². The highest BCUT2D eigenvalue weighted by molar-refractivity contribution is 5.91. The number of aliphatic hydroxyl groups excluding tert-OH is 2. The van der Waals surface area contributed by atoms with Crippen LogP contribution in [0.25, 0.3) is 11.1 Å². The van der Waals surface area contributed by atoms with Gasteiger partial charge in [0, 0.05) is 6.07 Å². The Hall–Kier alpha value is -4.00. The summed E-state index contributed by atoms with van der Waals surface area (Å²) >= 11 is 0. The second-order valence-electron chi connectivity index (χ2n) is 9.47. The number of benzene rings is 3. The highest BCUT2D eigenvalue weighted by atomic mass is 16.5. The predicted molar refractivity (Wildman–Crippen MR) is 153 cm³/mol. The average molecular weight is 529 g/mol. The van der Waals surface area contributed by atoms with E-state index in [-0.39, 0.29) is 22.6 Å². The molecule has 0 atom stereocenters. The van der Waals surface area contributed by atoms with Crippen molar-refractivity contribution in [1.29, 1.82) is 0 Å². The molecule has 0 unspecified atom stereocenters. The third-order valence-corrected chi connectivity index (χ3v) is 6.34. The summed E-state index contributed by atoms with van der Waals surface area (Å²) in [6, 6.07) is 21.5. The van der Waals surface area contributed by atoms with Gasteiger partial charge in [-0.25, -0.2) is 9.59 Å². The molecule has 0 fully saturated rings. The van der Waals surface area contributed by atoms with Crippen molar-refractivity contribution in [2.45, 2.75) is 45.4 Å². The first kappa shape index (κ1) is 29.6. The lowest BCUT2D eigenvalue weighted by molar-refractivity contribution is -0.131. The van der Waals surface area contributed by atoms with Gasteiger partial charge in [-0.2, -0.15) is 0 Å².